The van der Waals surface area contributed by atoms with Crippen LogP contribution in [0.3, 0.4) is 0 Å². The van der Waals surface area contributed by atoms with Crippen molar-refractivity contribution in [2.75, 3.05) is 6.61 Å². The van der Waals surface area contributed by atoms with Gasteiger partial charge in [0.15, 0.2) is 6.61 Å². The normalized spacial score (nSPS) is 8.92. The number of ether oxygens (including phenoxy) is 1. The van der Waals surface area contributed by atoms with Gasteiger partial charge in [0.2, 0.25) is 0 Å². The molecular weight excluding hydrogens is 166 g/mol. The number of esters is 1. The quantitative estimate of drug-likeness (QED) is 0.500. The van der Waals surface area contributed by atoms with Crippen LogP contribution in [0.15, 0.2) is 18.3 Å². The highest BCUT2D eigenvalue weighted by Crippen LogP contribution is 2.04. The van der Waals surface area contributed by atoms with Gasteiger partial charge >= 0.3 is 5.97 Å². The topological polar surface area (TPSA) is 39.2 Å². The van der Waals surface area contributed by atoms with Gasteiger partial charge in [0.25, 0.3) is 0 Å². The molecule has 0 aliphatic carbocycles. The standard InChI is InChI=1S/C10H9NO2/c1-3-7-13-10(12)9-5-4-6-11-8(9)2/h1,4-6H,7H2,2H3. The first-order valence-electron chi connectivity index (χ1n) is 3.78. The number of rotatable bonds is 2. The molecule has 0 aliphatic rings. The smallest absolute Gasteiger partial charge is 0.340 e. The Morgan fingerprint density at radius 3 is 3.15 bits per heavy atom. The molecule has 0 aromatic carbocycles. The molecule has 0 atom stereocenters. The third-order valence-electron chi connectivity index (χ3n) is 1.51. The Balaban J connectivity index is 2.78. The molecule has 3 heteroatoms. The number of nitrogens with zero attached hydrogens (tertiary/aromatic N) is 1. The van der Waals surface area contributed by atoms with E-state index in [4.69, 9.17) is 11.2 Å². The van der Waals surface area contributed by atoms with Crippen molar-refractivity contribution in [2.45, 2.75) is 6.92 Å². The highest BCUT2D eigenvalue weighted by Gasteiger charge is 2.09. The minimum Gasteiger partial charge on any atom is -0.449 e. The van der Waals surface area contributed by atoms with Crippen LogP contribution in [0.1, 0.15) is 16.1 Å². The average Bonchev–Trinajstić information content (AvgIpc) is 2.15. The second-order valence-electron chi connectivity index (χ2n) is 2.42. The Morgan fingerprint density at radius 1 is 1.77 bits per heavy atom. The molecule has 1 heterocycles. The Labute approximate surface area is 76.8 Å². The summed E-state index contributed by atoms with van der Waals surface area (Å²) in [6.45, 7) is 1.74. The predicted molar refractivity (Wildman–Crippen MR) is 48.1 cm³/mol. The molecule has 1 aromatic rings. The van der Waals surface area contributed by atoms with Gasteiger partial charge in [-0.1, -0.05) is 5.92 Å². The third kappa shape index (κ3) is 2.31. The van der Waals surface area contributed by atoms with Crippen LogP contribution < -0.4 is 0 Å². The fraction of sp³-hybridized carbons (Fsp3) is 0.200. The van der Waals surface area contributed by atoms with Gasteiger partial charge in [-0.15, -0.1) is 6.42 Å². The fourth-order valence-electron chi connectivity index (χ4n) is 0.885. The average molecular weight is 175 g/mol. The molecule has 1 aromatic heterocycles. The van der Waals surface area contributed by atoms with E-state index in [-0.39, 0.29) is 6.61 Å². The Kier molecular flexibility index (Phi) is 3.04. The van der Waals surface area contributed by atoms with Crippen LogP contribution in [0.25, 0.3) is 0 Å². The molecule has 0 fully saturated rings. The second kappa shape index (κ2) is 4.27. The Bertz CT molecular complexity index is 352. The van der Waals surface area contributed by atoms with Crippen molar-refractivity contribution in [2.24, 2.45) is 0 Å². The van der Waals surface area contributed by atoms with Crippen LogP contribution in [0.2, 0.25) is 0 Å². The van der Waals surface area contributed by atoms with Crippen molar-refractivity contribution >= 4 is 5.97 Å². The molecule has 0 spiro atoms. The van der Waals surface area contributed by atoms with Crippen LogP contribution in [-0.4, -0.2) is 17.6 Å². The molecule has 0 saturated carbocycles. The number of pyridine rings is 1. The van der Waals surface area contributed by atoms with E-state index in [1.807, 2.05) is 0 Å². The van der Waals surface area contributed by atoms with E-state index >= 15 is 0 Å². The lowest BCUT2D eigenvalue weighted by Gasteiger charge is -2.02. The molecule has 0 saturated heterocycles. The first kappa shape index (κ1) is 9.27. The van der Waals surface area contributed by atoms with Gasteiger partial charge in [-0.2, -0.15) is 0 Å². The fourth-order valence-corrected chi connectivity index (χ4v) is 0.885. The van der Waals surface area contributed by atoms with Crippen molar-refractivity contribution in [3.8, 4) is 12.3 Å². The monoisotopic (exact) mass is 175 g/mol. The van der Waals surface area contributed by atoms with E-state index in [1.54, 1.807) is 25.3 Å². The minimum atomic E-state index is -0.427. The van der Waals surface area contributed by atoms with Gasteiger partial charge in [0.1, 0.15) is 0 Å². The van der Waals surface area contributed by atoms with Crippen LogP contribution in [-0.2, 0) is 4.74 Å². The molecule has 0 bridgehead atoms. The lowest BCUT2D eigenvalue weighted by Crippen LogP contribution is -2.07. The van der Waals surface area contributed by atoms with Crippen molar-refractivity contribution in [1.29, 1.82) is 0 Å². The zero-order chi connectivity index (χ0) is 9.68. The Morgan fingerprint density at radius 2 is 2.54 bits per heavy atom. The summed E-state index contributed by atoms with van der Waals surface area (Å²) in [5.41, 5.74) is 1.10. The Hall–Kier alpha value is -1.82. The molecule has 1 rings (SSSR count). The number of hydrogen-bond acceptors (Lipinski definition) is 3. The summed E-state index contributed by atoms with van der Waals surface area (Å²) in [5, 5.41) is 0. The summed E-state index contributed by atoms with van der Waals surface area (Å²) in [6.07, 6.45) is 6.57. The number of carbonyl (C=O) groups excluding carboxylic acids is 1. The number of aromatic nitrogens is 1. The van der Waals surface area contributed by atoms with E-state index in [0.29, 0.717) is 11.3 Å². The van der Waals surface area contributed by atoms with Gasteiger partial charge < -0.3 is 4.74 Å². The molecule has 0 N–H and O–H groups in total. The van der Waals surface area contributed by atoms with Crippen molar-refractivity contribution < 1.29 is 9.53 Å². The summed E-state index contributed by atoms with van der Waals surface area (Å²) >= 11 is 0. The molecular formula is C10H9NO2. The maximum Gasteiger partial charge on any atom is 0.340 e. The summed E-state index contributed by atoms with van der Waals surface area (Å²) in [7, 11) is 0. The van der Waals surface area contributed by atoms with Gasteiger partial charge in [-0.05, 0) is 19.1 Å². The highest BCUT2D eigenvalue weighted by molar-refractivity contribution is 5.90. The molecule has 0 amide bonds. The van der Waals surface area contributed by atoms with Crippen LogP contribution >= 0.6 is 0 Å². The number of terminal acetylenes is 1. The van der Waals surface area contributed by atoms with E-state index in [9.17, 15) is 4.79 Å². The van der Waals surface area contributed by atoms with Crippen LogP contribution in [0.5, 0.6) is 0 Å². The van der Waals surface area contributed by atoms with Gasteiger partial charge in [0.05, 0.1) is 11.3 Å². The van der Waals surface area contributed by atoms with Crippen LogP contribution in [0.4, 0.5) is 0 Å². The molecule has 0 unspecified atom stereocenters. The van der Waals surface area contributed by atoms with Crippen LogP contribution in [0, 0.1) is 19.3 Å². The highest BCUT2D eigenvalue weighted by atomic mass is 16.5. The predicted octanol–water partition coefficient (Wildman–Crippen LogP) is 1.18. The van der Waals surface area contributed by atoms with Gasteiger partial charge in [-0.3, -0.25) is 4.98 Å². The van der Waals surface area contributed by atoms with Crippen molar-refractivity contribution in [3.63, 3.8) is 0 Å². The second-order valence-corrected chi connectivity index (χ2v) is 2.42. The summed E-state index contributed by atoms with van der Waals surface area (Å²) in [4.78, 5) is 15.2. The summed E-state index contributed by atoms with van der Waals surface area (Å²) < 4.78 is 4.74. The van der Waals surface area contributed by atoms with E-state index in [2.05, 4.69) is 10.9 Å². The maximum atomic E-state index is 11.3. The van der Waals surface area contributed by atoms with E-state index < -0.39 is 5.97 Å². The molecule has 0 aliphatic heterocycles. The minimum absolute atomic E-state index is 0.00678. The van der Waals surface area contributed by atoms with Crippen molar-refractivity contribution in [3.05, 3.63) is 29.6 Å². The first-order chi connectivity index (χ1) is 6.25. The lowest BCUT2D eigenvalue weighted by atomic mass is 10.2. The third-order valence-corrected chi connectivity index (χ3v) is 1.51. The summed E-state index contributed by atoms with van der Waals surface area (Å²) in [5.74, 6) is 1.80. The number of carbonyl (C=O) groups is 1. The van der Waals surface area contributed by atoms with Gasteiger partial charge in [-0.25, -0.2) is 4.79 Å². The molecule has 3 nitrogen and oxygen atoms in total. The summed E-state index contributed by atoms with van der Waals surface area (Å²) in [6, 6.07) is 3.33. The van der Waals surface area contributed by atoms with Gasteiger partial charge in [0, 0.05) is 6.20 Å². The number of hydrogen-bond donors (Lipinski definition) is 0. The molecule has 66 valence electrons. The first-order valence-corrected chi connectivity index (χ1v) is 3.78. The van der Waals surface area contributed by atoms with Crippen molar-refractivity contribution in [1.82, 2.24) is 4.98 Å². The van der Waals surface area contributed by atoms with E-state index in [0.717, 1.165) is 0 Å². The number of aryl methyl sites for hydroxylation is 1. The maximum absolute atomic E-state index is 11.3. The van der Waals surface area contributed by atoms with E-state index in [1.165, 1.54) is 0 Å². The SMILES string of the molecule is C#CCOC(=O)c1cccnc1C. The zero-order valence-electron chi connectivity index (χ0n) is 7.28. The molecule has 0 radical (unpaired) electrons. The largest absolute Gasteiger partial charge is 0.449 e. The molecule has 13 heavy (non-hydrogen) atoms. The zero-order valence-corrected chi connectivity index (χ0v) is 7.28. The lowest BCUT2D eigenvalue weighted by molar-refractivity contribution is 0.0555.